The van der Waals surface area contributed by atoms with Gasteiger partial charge in [-0.25, -0.2) is 4.98 Å². The third kappa shape index (κ3) is 3.02. The van der Waals surface area contributed by atoms with Crippen molar-refractivity contribution >= 4 is 16.9 Å². The number of carbonyl (C=O) groups excluding carboxylic acids is 1. The molecule has 6 nitrogen and oxygen atoms in total. The highest BCUT2D eigenvalue weighted by Gasteiger charge is 2.19. The number of rotatable bonds is 4. The number of hydrogen-bond acceptors (Lipinski definition) is 3. The van der Waals surface area contributed by atoms with Gasteiger partial charge in [-0.1, -0.05) is 12.8 Å². The van der Waals surface area contributed by atoms with Crippen LogP contribution in [0, 0.1) is 19.8 Å². The summed E-state index contributed by atoms with van der Waals surface area (Å²) in [4.78, 5) is 28.8. The molecule has 23 heavy (non-hydrogen) atoms. The van der Waals surface area contributed by atoms with Crippen LogP contribution < -0.4 is 10.9 Å². The predicted octanol–water partition coefficient (Wildman–Crippen LogP) is 1.73. The van der Waals surface area contributed by atoms with Crippen molar-refractivity contribution in [2.75, 3.05) is 6.54 Å². The Balaban J connectivity index is 1.80. The van der Waals surface area contributed by atoms with Crippen LogP contribution in [0.25, 0.3) is 11.0 Å². The smallest absolute Gasteiger partial charge is 0.273 e. The zero-order valence-electron chi connectivity index (χ0n) is 14.0. The van der Waals surface area contributed by atoms with E-state index in [0.29, 0.717) is 17.0 Å². The number of hydrogen-bond donors (Lipinski definition) is 2. The van der Waals surface area contributed by atoms with E-state index in [1.54, 1.807) is 11.7 Å². The average Bonchev–Trinajstić information content (AvgIpc) is 3.10. The highest BCUT2D eigenvalue weighted by molar-refractivity contribution is 5.84. The summed E-state index contributed by atoms with van der Waals surface area (Å²) in [5.74, 6) is 0.635. The van der Waals surface area contributed by atoms with Gasteiger partial charge >= 0.3 is 0 Å². The molecule has 2 heterocycles. The maximum Gasteiger partial charge on any atom is 0.273 e. The number of pyridine rings is 1. The van der Waals surface area contributed by atoms with Crippen molar-refractivity contribution in [2.24, 2.45) is 13.0 Å². The molecule has 1 aliphatic rings. The Morgan fingerprint density at radius 2 is 2.04 bits per heavy atom. The lowest BCUT2D eigenvalue weighted by atomic mass is 10.0. The Hall–Kier alpha value is -2.11. The van der Waals surface area contributed by atoms with E-state index < -0.39 is 0 Å². The molecule has 0 atom stereocenters. The van der Waals surface area contributed by atoms with Crippen molar-refractivity contribution in [3.05, 3.63) is 27.2 Å². The van der Waals surface area contributed by atoms with Crippen molar-refractivity contribution in [3.8, 4) is 0 Å². The first-order valence-corrected chi connectivity index (χ1v) is 8.29. The molecule has 0 bridgehead atoms. The molecular weight excluding hydrogens is 292 g/mol. The number of aryl methyl sites for hydroxylation is 3. The van der Waals surface area contributed by atoms with Crippen molar-refractivity contribution in [2.45, 2.75) is 46.0 Å². The zero-order valence-corrected chi connectivity index (χ0v) is 14.0. The second kappa shape index (κ2) is 6.18. The van der Waals surface area contributed by atoms with E-state index in [9.17, 15) is 9.59 Å². The Morgan fingerprint density at radius 1 is 1.35 bits per heavy atom. The molecular formula is C17H24N4O2. The normalized spacial score (nSPS) is 15.4. The Kier molecular flexibility index (Phi) is 4.24. The standard InChI is InChI=1S/C17H24N4O2/c1-10-13(8-14(22)18-9-12-6-4-5-7-12)11(2)19-16-15(10)17(23)20-21(16)3/h12H,4-9H2,1-3H3,(H,18,22)(H,20,23). The molecule has 0 radical (unpaired) electrons. The molecule has 1 amide bonds. The average molecular weight is 316 g/mol. The molecule has 0 aliphatic heterocycles. The molecule has 3 rings (SSSR count). The van der Waals surface area contributed by atoms with Gasteiger partial charge in [0, 0.05) is 19.3 Å². The van der Waals surface area contributed by atoms with Crippen molar-refractivity contribution in [3.63, 3.8) is 0 Å². The molecule has 1 fully saturated rings. The van der Waals surface area contributed by atoms with Crippen LogP contribution in [-0.4, -0.2) is 27.2 Å². The van der Waals surface area contributed by atoms with Gasteiger partial charge in [0.25, 0.3) is 5.56 Å². The van der Waals surface area contributed by atoms with Crippen LogP contribution in [0.2, 0.25) is 0 Å². The second-order valence-corrected chi connectivity index (χ2v) is 6.63. The van der Waals surface area contributed by atoms with E-state index in [0.717, 1.165) is 23.4 Å². The third-order valence-corrected chi connectivity index (χ3v) is 4.98. The molecule has 124 valence electrons. The molecule has 2 aromatic heterocycles. The van der Waals surface area contributed by atoms with Crippen molar-refractivity contribution in [1.82, 2.24) is 20.1 Å². The number of nitrogens with zero attached hydrogens (tertiary/aromatic N) is 2. The zero-order chi connectivity index (χ0) is 16.6. The highest BCUT2D eigenvalue weighted by Crippen LogP contribution is 2.24. The van der Waals surface area contributed by atoms with E-state index in [1.807, 2.05) is 13.8 Å². The van der Waals surface area contributed by atoms with E-state index >= 15 is 0 Å². The molecule has 2 aromatic rings. The summed E-state index contributed by atoms with van der Waals surface area (Å²) in [6, 6.07) is 0. The molecule has 0 spiro atoms. The van der Waals surface area contributed by atoms with E-state index in [1.165, 1.54) is 25.7 Å². The first kappa shape index (κ1) is 15.8. The molecule has 1 aliphatic carbocycles. The molecule has 2 N–H and O–H groups in total. The van der Waals surface area contributed by atoms with Crippen LogP contribution in [0.3, 0.4) is 0 Å². The fourth-order valence-electron chi connectivity index (χ4n) is 3.60. The number of aromatic nitrogens is 3. The number of carbonyl (C=O) groups is 1. The lowest BCUT2D eigenvalue weighted by Crippen LogP contribution is -2.30. The summed E-state index contributed by atoms with van der Waals surface area (Å²) in [5, 5.41) is 6.34. The first-order valence-electron chi connectivity index (χ1n) is 8.29. The minimum Gasteiger partial charge on any atom is -0.356 e. The number of aromatic amines is 1. The second-order valence-electron chi connectivity index (χ2n) is 6.63. The molecule has 0 aromatic carbocycles. The van der Waals surface area contributed by atoms with Gasteiger partial charge in [0.15, 0.2) is 5.65 Å². The minimum absolute atomic E-state index is 0.0107. The predicted molar refractivity (Wildman–Crippen MR) is 89.5 cm³/mol. The van der Waals surface area contributed by atoms with Crippen LogP contribution in [0.15, 0.2) is 4.79 Å². The summed E-state index contributed by atoms with van der Waals surface area (Å²) in [7, 11) is 1.77. The summed E-state index contributed by atoms with van der Waals surface area (Å²) < 4.78 is 1.63. The van der Waals surface area contributed by atoms with Gasteiger partial charge in [-0.15, -0.1) is 0 Å². The lowest BCUT2D eigenvalue weighted by Gasteiger charge is -2.13. The van der Waals surface area contributed by atoms with Gasteiger partial charge in [-0.2, -0.15) is 0 Å². The topological polar surface area (TPSA) is 79.8 Å². The number of fused-ring (bicyclic) bond motifs is 1. The fourth-order valence-corrected chi connectivity index (χ4v) is 3.60. The van der Waals surface area contributed by atoms with Crippen molar-refractivity contribution in [1.29, 1.82) is 0 Å². The monoisotopic (exact) mass is 316 g/mol. The Morgan fingerprint density at radius 3 is 2.74 bits per heavy atom. The maximum atomic E-state index is 12.3. The lowest BCUT2D eigenvalue weighted by molar-refractivity contribution is -0.120. The van der Waals surface area contributed by atoms with E-state index in [2.05, 4.69) is 15.4 Å². The summed E-state index contributed by atoms with van der Waals surface area (Å²) in [6.45, 7) is 4.55. The van der Waals surface area contributed by atoms with E-state index in [-0.39, 0.29) is 17.9 Å². The summed E-state index contributed by atoms with van der Waals surface area (Å²) in [5.41, 5.74) is 3.00. The molecule has 0 unspecified atom stereocenters. The van der Waals surface area contributed by atoms with Crippen LogP contribution in [-0.2, 0) is 18.3 Å². The van der Waals surface area contributed by atoms with Gasteiger partial charge < -0.3 is 5.32 Å². The fraction of sp³-hybridized carbons (Fsp3) is 0.588. The minimum atomic E-state index is -0.153. The highest BCUT2D eigenvalue weighted by atomic mass is 16.1. The number of nitrogens with one attached hydrogen (secondary N) is 2. The van der Waals surface area contributed by atoms with Gasteiger partial charge in [0.05, 0.1) is 11.8 Å². The van der Waals surface area contributed by atoms with Crippen LogP contribution >= 0.6 is 0 Å². The number of H-pyrrole nitrogens is 1. The van der Waals surface area contributed by atoms with Crippen LogP contribution in [0.1, 0.15) is 42.5 Å². The largest absolute Gasteiger partial charge is 0.356 e. The number of amides is 1. The quantitative estimate of drug-likeness (QED) is 0.901. The molecule has 1 saturated carbocycles. The van der Waals surface area contributed by atoms with Crippen molar-refractivity contribution < 1.29 is 4.79 Å². The van der Waals surface area contributed by atoms with Crippen LogP contribution in [0.4, 0.5) is 0 Å². The third-order valence-electron chi connectivity index (χ3n) is 4.98. The SMILES string of the molecule is Cc1nc2c(c(C)c1CC(=O)NCC1CCCC1)c(=O)[nH]n2C. The Labute approximate surface area is 135 Å². The molecule has 6 heteroatoms. The van der Waals surface area contributed by atoms with Gasteiger partial charge in [0.1, 0.15) is 0 Å². The summed E-state index contributed by atoms with van der Waals surface area (Å²) in [6.07, 6.45) is 5.25. The summed E-state index contributed by atoms with van der Waals surface area (Å²) >= 11 is 0. The maximum absolute atomic E-state index is 12.3. The van der Waals surface area contributed by atoms with Gasteiger partial charge in [0.2, 0.25) is 5.91 Å². The van der Waals surface area contributed by atoms with E-state index in [4.69, 9.17) is 0 Å². The van der Waals surface area contributed by atoms with Crippen LogP contribution in [0.5, 0.6) is 0 Å². The Bertz CT molecular complexity index is 797. The van der Waals surface area contributed by atoms with Gasteiger partial charge in [-0.05, 0) is 43.7 Å². The first-order chi connectivity index (χ1) is 11.0. The molecule has 0 saturated heterocycles. The van der Waals surface area contributed by atoms with Gasteiger partial charge in [-0.3, -0.25) is 19.4 Å².